The first-order chi connectivity index (χ1) is 14.7. The van der Waals surface area contributed by atoms with Gasteiger partial charge in [0.2, 0.25) is 0 Å². The molecule has 2 aromatic heterocycles. The van der Waals surface area contributed by atoms with Crippen LogP contribution >= 0.6 is 0 Å². The predicted molar refractivity (Wildman–Crippen MR) is 111 cm³/mol. The van der Waals surface area contributed by atoms with Gasteiger partial charge in [-0.25, -0.2) is 23.9 Å². The molecule has 0 saturated carbocycles. The standard InChI is InChI=1S/C22H20N4O5/c1-12(27)13-4-7-18(23-11-13)25-20(29)24-9-8-16-19(26(24)21(25)30)15-6-5-14(28)10-17(15)31-22(16,2)3/h4-8,10-11,19,28H,9H2,1-3H3. The molecule has 0 aliphatic carbocycles. The van der Waals surface area contributed by atoms with Gasteiger partial charge in [-0.3, -0.25) is 4.79 Å². The van der Waals surface area contributed by atoms with Crippen LogP contribution in [0.2, 0.25) is 0 Å². The molecule has 0 amide bonds. The van der Waals surface area contributed by atoms with Gasteiger partial charge < -0.3 is 9.84 Å². The fourth-order valence-corrected chi connectivity index (χ4v) is 4.31. The average molecular weight is 420 g/mol. The molecule has 158 valence electrons. The molecular formula is C22H20N4O5. The average Bonchev–Trinajstić information content (AvgIpc) is 2.97. The van der Waals surface area contributed by atoms with Gasteiger partial charge in [-0.1, -0.05) is 6.08 Å². The Hall–Kier alpha value is -3.88. The first-order valence-corrected chi connectivity index (χ1v) is 9.83. The van der Waals surface area contributed by atoms with E-state index in [-0.39, 0.29) is 23.9 Å². The maximum absolute atomic E-state index is 13.5. The van der Waals surface area contributed by atoms with Crippen LogP contribution in [-0.2, 0) is 6.54 Å². The van der Waals surface area contributed by atoms with Crippen LogP contribution in [0.1, 0.15) is 42.7 Å². The van der Waals surface area contributed by atoms with E-state index in [0.717, 1.165) is 10.1 Å². The summed E-state index contributed by atoms with van der Waals surface area (Å²) >= 11 is 0. The van der Waals surface area contributed by atoms with Crippen LogP contribution in [0.4, 0.5) is 0 Å². The zero-order valence-corrected chi connectivity index (χ0v) is 17.2. The van der Waals surface area contributed by atoms with Crippen LogP contribution in [0.3, 0.4) is 0 Å². The lowest BCUT2D eigenvalue weighted by atomic mass is 9.83. The Bertz CT molecular complexity index is 1390. The van der Waals surface area contributed by atoms with E-state index in [4.69, 9.17) is 4.74 Å². The quantitative estimate of drug-likeness (QED) is 0.500. The maximum atomic E-state index is 13.5. The highest BCUT2D eigenvalue weighted by Crippen LogP contribution is 2.46. The lowest BCUT2D eigenvalue weighted by Gasteiger charge is -2.42. The van der Waals surface area contributed by atoms with Crippen LogP contribution in [0.25, 0.3) is 5.82 Å². The molecule has 2 aliphatic heterocycles. The van der Waals surface area contributed by atoms with Gasteiger partial charge in [0, 0.05) is 23.4 Å². The first-order valence-electron chi connectivity index (χ1n) is 9.83. The van der Waals surface area contributed by atoms with Crippen molar-refractivity contribution in [3.63, 3.8) is 0 Å². The summed E-state index contributed by atoms with van der Waals surface area (Å²) in [6.45, 7) is 5.40. The molecule has 0 fully saturated rings. The van der Waals surface area contributed by atoms with Gasteiger partial charge in [0.05, 0.1) is 6.54 Å². The second-order valence-corrected chi connectivity index (χ2v) is 8.19. The van der Waals surface area contributed by atoms with E-state index in [1.165, 1.54) is 46.7 Å². The topological polar surface area (TPSA) is 108 Å². The number of rotatable bonds is 2. The molecule has 2 aliphatic rings. The van der Waals surface area contributed by atoms with E-state index in [1.807, 2.05) is 19.9 Å². The number of carbonyl (C=O) groups excluding carboxylic acids is 1. The second-order valence-electron chi connectivity index (χ2n) is 8.19. The number of ketones is 1. The number of ether oxygens (including phenoxy) is 1. The number of aromatic hydroxyl groups is 1. The molecule has 1 aromatic carbocycles. The summed E-state index contributed by atoms with van der Waals surface area (Å²) in [5.41, 5.74) is 0.120. The highest BCUT2D eigenvalue weighted by atomic mass is 16.5. The molecule has 9 nitrogen and oxygen atoms in total. The highest BCUT2D eigenvalue weighted by molar-refractivity contribution is 5.93. The van der Waals surface area contributed by atoms with E-state index in [0.29, 0.717) is 16.9 Å². The van der Waals surface area contributed by atoms with Gasteiger partial charge in [-0.05, 0) is 50.6 Å². The molecule has 0 saturated heterocycles. The molecule has 5 rings (SSSR count). The zero-order chi connectivity index (χ0) is 22.1. The van der Waals surface area contributed by atoms with E-state index >= 15 is 0 Å². The molecule has 31 heavy (non-hydrogen) atoms. The van der Waals surface area contributed by atoms with E-state index in [1.54, 1.807) is 6.07 Å². The third-order valence-corrected chi connectivity index (χ3v) is 5.82. The van der Waals surface area contributed by atoms with E-state index in [9.17, 15) is 19.5 Å². The second kappa shape index (κ2) is 6.31. The van der Waals surface area contributed by atoms with Crippen LogP contribution < -0.4 is 16.1 Å². The summed E-state index contributed by atoms with van der Waals surface area (Å²) in [7, 11) is 0. The van der Waals surface area contributed by atoms with Crippen LogP contribution in [-0.4, -0.2) is 35.4 Å². The third kappa shape index (κ3) is 2.69. The Balaban J connectivity index is 1.74. The molecule has 1 atom stereocenters. The number of hydrogen-bond acceptors (Lipinski definition) is 6. The normalized spacial score (nSPS) is 18.3. The first kappa shape index (κ1) is 19.1. The van der Waals surface area contributed by atoms with Gasteiger partial charge in [-0.2, -0.15) is 4.57 Å². The molecule has 0 spiro atoms. The number of allylic oxidation sites excluding steroid dienone is 1. The number of pyridine rings is 1. The lowest BCUT2D eigenvalue weighted by Crippen LogP contribution is -2.46. The van der Waals surface area contributed by atoms with Crippen molar-refractivity contribution in [1.29, 1.82) is 0 Å². The number of hydrogen-bond donors (Lipinski definition) is 1. The fraction of sp³-hybridized carbons (Fsp3) is 0.273. The van der Waals surface area contributed by atoms with Crippen molar-refractivity contribution in [3.05, 3.63) is 80.3 Å². The molecule has 4 heterocycles. The number of benzene rings is 1. The van der Waals surface area contributed by atoms with Crippen LogP contribution in [0.5, 0.6) is 11.5 Å². The van der Waals surface area contributed by atoms with Gasteiger partial charge in [-0.15, -0.1) is 0 Å². The Morgan fingerprint density at radius 2 is 1.97 bits per heavy atom. The number of aromatic nitrogens is 4. The minimum atomic E-state index is -0.740. The lowest BCUT2D eigenvalue weighted by molar-refractivity contribution is 0.101. The molecule has 9 heteroatoms. The van der Waals surface area contributed by atoms with Crippen LogP contribution in [0.15, 0.2) is 57.8 Å². The number of nitrogens with zero attached hydrogens (tertiary/aromatic N) is 4. The zero-order valence-electron chi connectivity index (χ0n) is 17.2. The number of Topliss-reactive ketones (excluding diaryl/α,β-unsaturated/α-hetero) is 1. The predicted octanol–water partition coefficient (Wildman–Crippen LogP) is 1.80. The molecular weight excluding hydrogens is 400 g/mol. The summed E-state index contributed by atoms with van der Waals surface area (Å²) in [6.07, 6.45) is 3.25. The fourth-order valence-electron chi connectivity index (χ4n) is 4.31. The van der Waals surface area contributed by atoms with Gasteiger partial charge in [0.1, 0.15) is 29.0 Å². The van der Waals surface area contributed by atoms with Crippen molar-refractivity contribution in [1.82, 2.24) is 18.9 Å². The number of phenolic OH excluding ortho intramolecular Hbond substituents is 1. The summed E-state index contributed by atoms with van der Waals surface area (Å²) in [4.78, 5) is 42.3. The van der Waals surface area contributed by atoms with Gasteiger partial charge in [0.25, 0.3) is 0 Å². The molecule has 1 N–H and O–H groups in total. The summed E-state index contributed by atoms with van der Waals surface area (Å²) in [5, 5.41) is 9.91. The minimum absolute atomic E-state index is 0.0508. The van der Waals surface area contributed by atoms with E-state index < -0.39 is 23.0 Å². The van der Waals surface area contributed by atoms with Gasteiger partial charge >= 0.3 is 11.4 Å². The SMILES string of the molecule is CC(=O)c1ccc(-n2c(=O)n3n(c2=O)C2C(=CC3)C(C)(C)Oc3cc(O)ccc32)nc1. The Morgan fingerprint density at radius 3 is 2.65 bits per heavy atom. The number of phenols is 1. The summed E-state index contributed by atoms with van der Waals surface area (Å²) in [6, 6.07) is 7.19. The van der Waals surface area contributed by atoms with Crippen molar-refractivity contribution < 1.29 is 14.6 Å². The number of carbonyl (C=O) groups is 1. The Kier molecular flexibility index (Phi) is 3.89. The Labute approximate surface area is 176 Å². The van der Waals surface area contributed by atoms with Crippen LogP contribution in [0, 0.1) is 0 Å². The maximum Gasteiger partial charge on any atom is 0.353 e. The highest BCUT2D eigenvalue weighted by Gasteiger charge is 2.43. The van der Waals surface area contributed by atoms with Gasteiger partial charge in [0.15, 0.2) is 5.78 Å². The van der Waals surface area contributed by atoms with Crippen molar-refractivity contribution in [2.75, 3.05) is 0 Å². The largest absolute Gasteiger partial charge is 0.508 e. The molecule has 0 bridgehead atoms. The number of fused-ring (bicyclic) bond motifs is 5. The van der Waals surface area contributed by atoms with E-state index in [2.05, 4.69) is 4.98 Å². The molecule has 0 radical (unpaired) electrons. The molecule has 3 aromatic rings. The van der Waals surface area contributed by atoms with Crippen molar-refractivity contribution >= 4 is 5.78 Å². The summed E-state index contributed by atoms with van der Waals surface area (Å²) in [5.74, 6) is 0.497. The monoisotopic (exact) mass is 420 g/mol. The Morgan fingerprint density at radius 1 is 1.19 bits per heavy atom. The smallest absolute Gasteiger partial charge is 0.353 e. The molecule has 1 unspecified atom stereocenters. The summed E-state index contributed by atoms with van der Waals surface area (Å²) < 4.78 is 9.89. The third-order valence-electron chi connectivity index (χ3n) is 5.82. The van der Waals surface area contributed by atoms with Crippen molar-refractivity contribution in [3.8, 4) is 17.3 Å². The van der Waals surface area contributed by atoms with Crippen molar-refractivity contribution in [2.24, 2.45) is 0 Å². The minimum Gasteiger partial charge on any atom is -0.508 e. The van der Waals surface area contributed by atoms with Crippen molar-refractivity contribution in [2.45, 2.75) is 39.0 Å².